The molecular weight excluding hydrogens is 321 g/mol. The molecule has 0 saturated heterocycles. The molecule has 0 unspecified atom stereocenters. The summed E-state index contributed by atoms with van der Waals surface area (Å²) in [6, 6.07) is 0. The number of hydrogen-bond acceptors (Lipinski definition) is 3. The lowest BCUT2D eigenvalue weighted by atomic mass is 10.7. The van der Waals surface area contributed by atoms with Gasteiger partial charge in [-0.3, -0.25) is 0 Å². The lowest BCUT2D eigenvalue weighted by molar-refractivity contribution is -0.193. The van der Waals surface area contributed by atoms with Gasteiger partial charge >= 0.3 is 30.5 Å². The summed E-state index contributed by atoms with van der Waals surface area (Å²) in [5.74, 6) is -5.51. The Morgan fingerprint density at radius 3 is 0.850 bits per heavy atom. The normalized spacial score (nSPS) is 11.5. The molecule has 4 N–H and O–H groups in total. The monoisotopic (exact) mass is 327 g/mol. The molecule has 122 valence electrons. The number of hydrogen-bond donors (Lipinski definition) is 3. The predicted octanol–water partition coefficient (Wildman–Crippen LogP) is 1.77. The Morgan fingerprint density at radius 1 is 0.750 bits per heavy atom. The van der Waals surface area contributed by atoms with Crippen molar-refractivity contribution in [2.24, 2.45) is 5.73 Å². The maximum Gasteiger partial charge on any atom is 0.490 e. The van der Waals surface area contributed by atoms with E-state index in [9.17, 15) is 39.5 Å². The van der Waals surface area contributed by atoms with Gasteiger partial charge in [-0.25, -0.2) is 9.59 Å². The van der Waals surface area contributed by atoms with Crippen molar-refractivity contribution in [3.05, 3.63) is 0 Å². The average molecular weight is 327 g/mol. The van der Waals surface area contributed by atoms with Gasteiger partial charge in [-0.05, 0) is 0 Å². The Labute approximate surface area is 103 Å². The molecule has 0 aromatic heterocycles. The van der Waals surface area contributed by atoms with Gasteiger partial charge in [-0.1, -0.05) is 0 Å². The van der Waals surface area contributed by atoms with Crippen LogP contribution < -0.4 is 5.73 Å². The Hall–Kier alpha value is -1.73. The van der Waals surface area contributed by atoms with Crippen LogP contribution in [-0.2, 0) is 9.59 Å². The fourth-order valence-electron chi connectivity index (χ4n) is 0. The molecule has 0 heterocycles. The van der Waals surface area contributed by atoms with Crippen LogP contribution in [0, 0.1) is 0 Å². The summed E-state index contributed by atoms with van der Waals surface area (Å²) in [7, 11) is 0. The molecule has 5 nitrogen and oxygen atoms in total. The van der Waals surface area contributed by atoms with E-state index in [4.69, 9.17) is 19.8 Å². The van der Waals surface area contributed by atoms with Crippen molar-refractivity contribution < 1.29 is 59.3 Å². The highest BCUT2D eigenvalue weighted by Crippen LogP contribution is 2.13. The van der Waals surface area contributed by atoms with Crippen LogP contribution in [0.1, 0.15) is 0 Å². The van der Waals surface area contributed by atoms with E-state index in [0.29, 0.717) is 0 Å². The van der Waals surface area contributed by atoms with Crippen molar-refractivity contribution >= 4 is 11.9 Å². The van der Waals surface area contributed by atoms with Crippen LogP contribution in [0.3, 0.4) is 0 Å². The summed E-state index contributed by atoms with van der Waals surface area (Å²) < 4.78 is 95.5. The number of aliphatic carboxylic acids is 2. The van der Waals surface area contributed by atoms with E-state index < -0.39 is 37.0 Å². The van der Waals surface area contributed by atoms with Gasteiger partial charge in [0.2, 0.25) is 0 Å². The number of rotatable bonds is 0. The molecule has 0 fully saturated rings. The van der Waals surface area contributed by atoms with Crippen LogP contribution in [-0.4, -0.2) is 47.2 Å². The van der Waals surface area contributed by atoms with Gasteiger partial charge in [-0.15, -0.1) is 0 Å². The third-order valence-electron chi connectivity index (χ3n) is 0.716. The second-order valence-corrected chi connectivity index (χ2v) is 2.43. The van der Waals surface area contributed by atoms with E-state index in [0.717, 1.165) is 0 Å². The van der Waals surface area contributed by atoms with Gasteiger partial charge in [0.25, 0.3) is 0 Å². The smallest absolute Gasteiger partial charge is 0.475 e. The average Bonchev–Trinajstić information content (AvgIpc) is 2.15. The quantitative estimate of drug-likeness (QED) is 0.589. The van der Waals surface area contributed by atoms with E-state index in [1.807, 2.05) is 0 Å². The highest BCUT2D eigenvalue weighted by molar-refractivity contribution is 5.73. The fourth-order valence-corrected chi connectivity index (χ4v) is 0. The van der Waals surface area contributed by atoms with Crippen molar-refractivity contribution in [1.82, 2.24) is 0 Å². The summed E-state index contributed by atoms with van der Waals surface area (Å²) in [5.41, 5.74) is 4.18. The van der Waals surface area contributed by atoms with Crippen LogP contribution in [0.25, 0.3) is 0 Å². The van der Waals surface area contributed by atoms with Crippen molar-refractivity contribution in [3.63, 3.8) is 0 Å². The molecule has 0 bridgehead atoms. The standard InChI is InChI=1S/C2H4F3N.2C2HF3O2/c3-2(4,5)1-6;2*3-2(4,5)1(6)7/h1,6H2;2*(H,6,7). The first-order chi connectivity index (χ1) is 8.45. The minimum Gasteiger partial charge on any atom is -0.475 e. The zero-order valence-electron chi connectivity index (χ0n) is 8.90. The number of nitrogens with two attached hydrogens (primary N) is 1. The van der Waals surface area contributed by atoms with Gasteiger partial charge in [0.15, 0.2) is 0 Å². The first-order valence-electron chi connectivity index (χ1n) is 3.82. The van der Waals surface area contributed by atoms with Crippen molar-refractivity contribution in [3.8, 4) is 0 Å². The van der Waals surface area contributed by atoms with Crippen LogP contribution in [0.15, 0.2) is 0 Å². The van der Waals surface area contributed by atoms with Crippen LogP contribution in [0.5, 0.6) is 0 Å². The van der Waals surface area contributed by atoms with E-state index >= 15 is 0 Å². The Kier molecular flexibility index (Phi) is 9.86. The minimum atomic E-state index is -5.08. The summed E-state index contributed by atoms with van der Waals surface area (Å²) in [5, 5.41) is 14.2. The largest absolute Gasteiger partial charge is 0.490 e. The number of alkyl halides is 9. The second-order valence-electron chi connectivity index (χ2n) is 2.43. The Balaban J connectivity index is -0.000000218. The minimum absolute atomic E-state index is 1.23. The summed E-state index contributed by atoms with van der Waals surface area (Å²) in [6.07, 6.45) is -14.3. The van der Waals surface area contributed by atoms with E-state index in [-0.39, 0.29) is 0 Å². The Morgan fingerprint density at radius 2 is 0.850 bits per heavy atom. The predicted molar refractivity (Wildman–Crippen MR) is 42.5 cm³/mol. The van der Waals surface area contributed by atoms with Crippen LogP contribution in [0.2, 0.25) is 0 Å². The van der Waals surface area contributed by atoms with Gasteiger partial charge in [0, 0.05) is 0 Å². The molecular formula is C6H6F9NO4. The second kappa shape index (κ2) is 8.44. The fraction of sp³-hybridized carbons (Fsp3) is 0.667. The number of carboxylic acids is 2. The first-order valence-corrected chi connectivity index (χ1v) is 3.82. The molecule has 0 aromatic carbocycles. The Bertz CT molecular complexity index is 281. The zero-order valence-corrected chi connectivity index (χ0v) is 8.90. The molecule has 0 saturated carbocycles. The maximum atomic E-state index is 10.7. The third kappa shape index (κ3) is 21.5. The lowest BCUT2D eigenvalue weighted by Gasteiger charge is -1.96. The van der Waals surface area contributed by atoms with Gasteiger partial charge in [0.1, 0.15) is 0 Å². The molecule has 0 aliphatic heterocycles. The van der Waals surface area contributed by atoms with E-state index in [1.165, 1.54) is 0 Å². The highest BCUT2D eigenvalue weighted by Gasteiger charge is 2.38. The summed E-state index contributed by atoms with van der Waals surface area (Å²) in [6.45, 7) is -1.23. The molecule has 20 heavy (non-hydrogen) atoms. The molecule has 0 amide bonds. The molecule has 0 radical (unpaired) electrons. The van der Waals surface area contributed by atoms with E-state index in [2.05, 4.69) is 5.73 Å². The third-order valence-corrected chi connectivity index (χ3v) is 0.716. The van der Waals surface area contributed by atoms with Crippen LogP contribution >= 0.6 is 0 Å². The number of halogens is 9. The van der Waals surface area contributed by atoms with Crippen molar-refractivity contribution in [2.45, 2.75) is 18.5 Å². The zero-order chi connectivity index (χ0) is 17.4. The topological polar surface area (TPSA) is 101 Å². The van der Waals surface area contributed by atoms with Crippen LogP contribution in [0.4, 0.5) is 39.5 Å². The number of carboxylic acid groups (broad SMARTS) is 2. The molecule has 14 heteroatoms. The van der Waals surface area contributed by atoms with Crippen molar-refractivity contribution in [1.29, 1.82) is 0 Å². The van der Waals surface area contributed by atoms with E-state index in [1.54, 1.807) is 0 Å². The summed E-state index contributed by atoms with van der Waals surface area (Å²) in [4.78, 5) is 17.8. The molecule has 0 spiro atoms. The highest BCUT2D eigenvalue weighted by atomic mass is 19.4. The van der Waals surface area contributed by atoms with Gasteiger partial charge < -0.3 is 15.9 Å². The maximum absolute atomic E-state index is 10.7. The molecule has 0 aromatic rings. The molecule has 0 atom stereocenters. The first kappa shape index (κ1) is 23.4. The lowest BCUT2D eigenvalue weighted by Crippen LogP contribution is -2.21. The van der Waals surface area contributed by atoms with Gasteiger partial charge in [-0.2, -0.15) is 39.5 Å². The molecule has 0 aliphatic carbocycles. The summed E-state index contributed by atoms with van der Waals surface area (Å²) >= 11 is 0. The molecule has 0 aliphatic rings. The van der Waals surface area contributed by atoms with Gasteiger partial charge in [0.05, 0.1) is 6.54 Å². The SMILES string of the molecule is NCC(F)(F)F.O=C(O)C(F)(F)F.O=C(O)C(F)(F)F. The van der Waals surface area contributed by atoms with Crippen molar-refractivity contribution in [2.75, 3.05) is 6.54 Å². The molecule has 0 rings (SSSR count). The number of carbonyl (C=O) groups is 2.